The Morgan fingerprint density at radius 1 is 1.03 bits per heavy atom. The summed E-state index contributed by atoms with van der Waals surface area (Å²) in [6.07, 6.45) is 5.93. The van der Waals surface area contributed by atoms with Crippen molar-refractivity contribution in [1.82, 2.24) is 4.90 Å². The van der Waals surface area contributed by atoms with Crippen molar-refractivity contribution < 1.29 is 14.6 Å². The van der Waals surface area contributed by atoms with Gasteiger partial charge in [-0.1, -0.05) is 42.5 Å². The van der Waals surface area contributed by atoms with Gasteiger partial charge in [0.2, 0.25) is 5.91 Å². The van der Waals surface area contributed by atoms with Gasteiger partial charge in [-0.2, -0.15) is 0 Å². The zero-order valence-electron chi connectivity index (χ0n) is 19.9. The van der Waals surface area contributed by atoms with Gasteiger partial charge < -0.3 is 14.7 Å². The van der Waals surface area contributed by atoms with E-state index in [0.717, 1.165) is 55.3 Å². The topological polar surface area (TPSA) is 49.8 Å². The molecule has 2 aromatic carbocycles. The predicted molar refractivity (Wildman–Crippen MR) is 134 cm³/mol. The first-order valence-corrected chi connectivity index (χ1v) is 13.2. The SMILES string of the molecule is C[C@H]([C@H](O)c1ccccc1)N(C)C(=O)[C@H](CCC1CCOCC1)c1ccc(SC2CC2)cc1. The second kappa shape index (κ2) is 11.5. The standard InChI is InChI=1S/C28H37NO3S/c1-20(27(30)23-6-4-3-5-7-23)29(2)28(31)26(15-8-21-16-18-32-19-17-21)22-9-11-24(12-10-22)33-25-13-14-25/h3-7,9-12,20-21,25-27,30H,8,13-19H2,1-2H3/t20-,26-,27+/m1/s1. The quantitative estimate of drug-likeness (QED) is 0.479. The highest BCUT2D eigenvalue weighted by Crippen LogP contribution is 2.40. The van der Waals surface area contributed by atoms with E-state index in [1.807, 2.05) is 56.1 Å². The highest BCUT2D eigenvalue weighted by atomic mass is 32.2. The minimum absolute atomic E-state index is 0.0899. The maximum absolute atomic E-state index is 13.8. The number of thioether (sulfide) groups is 1. The molecule has 1 amide bonds. The molecule has 2 fully saturated rings. The second-order valence-corrected chi connectivity index (χ2v) is 11.0. The molecular formula is C28H37NO3S. The Bertz CT molecular complexity index is 878. The summed E-state index contributed by atoms with van der Waals surface area (Å²) in [5.41, 5.74) is 1.92. The lowest BCUT2D eigenvalue weighted by atomic mass is 9.86. The molecule has 0 spiro atoms. The van der Waals surface area contributed by atoms with E-state index in [9.17, 15) is 9.90 Å². The zero-order chi connectivity index (χ0) is 23.2. The van der Waals surface area contributed by atoms with Crippen LogP contribution in [0.1, 0.15) is 68.6 Å². The number of carbonyl (C=O) groups is 1. The van der Waals surface area contributed by atoms with Crippen LogP contribution in [0.5, 0.6) is 0 Å². The molecule has 2 aliphatic rings. The summed E-state index contributed by atoms with van der Waals surface area (Å²) >= 11 is 1.94. The van der Waals surface area contributed by atoms with Gasteiger partial charge >= 0.3 is 0 Å². The highest BCUT2D eigenvalue weighted by Gasteiger charge is 2.31. The maximum atomic E-state index is 13.8. The van der Waals surface area contributed by atoms with Crippen LogP contribution in [0.2, 0.25) is 0 Å². The molecule has 1 aliphatic heterocycles. The minimum Gasteiger partial charge on any atom is -0.386 e. The largest absolute Gasteiger partial charge is 0.386 e. The van der Waals surface area contributed by atoms with Crippen LogP contribution in [0.15, 0.2) is 59.5 Å². The monoisotopic (exact) mass is 467 g/mol. The molecule has 4 nitrogen and oxygen atoms in total. The van der Waals surface area contributed by atoms with Crippen LogP contribution in [0, 0.1) is 5.92 Å². The normalized spacial score (nSPS) is 19.6. The average Bonchev–Trinajstić information content (AvgIpc) is 3.69. The number of benzene rings is 2. The van der Waals surface area contributed by atoms with Gasteiger partial charge in [0.25, 0.3) is 0 Å². The number of amides is 1. The molecule has 1 heterocycles. The summed E-state index contributed by atoms with van der Waals surface area (Å²) in [6.45, 7) is 3.59. The Kier molecular flexibility index (Phi) is 8.50. The lowest BCUT2D eigenvalue weighted by Crippen LogP contribution is -2.41. The second-order valence-electron chi connectivity index (χ2n) is 9.62. The van der Waals surface area contributed by atoms with E-state index in [2.05, 4.69) is 24.3 Å². The molecule has 0 bridgehead atoms. The van der Waals surface area contributed by atoms with Crippen molar-refractivity contribution in [2.75, 3.05) is 20.3 Å². The molecule has 5 heteroatoms. The first-order chi connectivity index (χ1) is 16.0. The first-order valence-electron chi connectivity index (χ1n) is 12.4. The van der Waals surface area contributed by atoms with Gasteiger partial charge in [0.1, 0.15) is 0 Å². The van der Waals surface area contributed by atoms with Crippen molar-refractivity contribution in [1.29, 1.82) is 0 Å². The number of hydrogen-bond acceptors (Lipinski definition) is 4. The molecule has 2 aromatic rings. The summed E-state index contributed by atoms with van der Waals surface area (Å²) in [5.74, 6) is 0.520. The van der Waals surface area contributed by atoms with Gasteiger partial charge in [-0.15, -0.1) is 11.8 Å². The summed E-state index contributed by atoms with van der Waals surface area (Å²) in [4.78, 5) is 16.8. The van der Waals surface area contributed by atoms with E-state index < -0.39 is 6.10 Å². The number of hydrogen-bond donors (Lipinski definition) is 1. The fourth-order valence-corrected chi connectivity index (χ4v) is 5.66. The van der Waals surface area contributed by atoms with E-state index in [-0.39, 0.29) is 17.9 Å². The molecule has 1 aliphatic carbocycles. The molecular weight excluding hydrogens is 430 g/mol. The molecule has 0 aromatic heterocycles. The predicted octanol–water partition coefficient (Wildman–Crippen LogP) is 5.81. The fourth-order valence-electron chi connectivity index (χ4n) is 4.61. The van der Waals surface area contributed by atoms with Gasteiger partial charge in [-0.3, -0.25) is 4.79 Å². The molecule has 178 valence electrons. The third-order valence-corrected chi connectivity index (χ3v) is 8.52. The van der Waals surface area contributed by atoms with E-state index in [1.165, 1.54) is 17.7 Å². The van der Waals surface area contributed by atoms with Crippen molar-refractivity contribution in [3.05, 3.63) is 65.7 Å². The smallest absolute Gasteiger partial charge is 0.230 e. The number of likely N-dealkylation sites (N-methyl/N-ethyl adjacent to an activating group) is 1. The number of nitrogens with zero attached hydrogens (tertiary/aromatic N) is 1. The van der Waals surface area contributed by atoms with Crippen molar-refractivity contribution in [2.45, 2.75) is 73.7 Å². The van der Waals surface area contributed by atoms with E-state index >= 15 is 0 Å². The van der Waals surface area contributed by atoms with E-state index in [1.54, 1.807) is 4.90 Å². The maximum Gasteiger partial charge on any atom is 0.230 e. The number of aliphatic hydroxyl groups excluding tert-OH is 1. The van der Waals surface area contributed by atoms with Crippen LogP contribution in [0.3, 0.4) is 0 Å². The van der Waals surface area contributed by atoms with Gasteiger partial charge in [0.15, 0.2) is 0 Å². The molecule has 0 radical (unpaired) electrons. The van der Waals surface area contributed by atoms with Gasteiger partial charge in [0.05, 0.1) is 18.1 Å². The molecule has 3 atom stereocenters. The van der Waals surface area contributed by atoms with Crippen LogP contribution in [0.4, 0.5) is 0 Å². The molecule has 1 saturated carbocycles. The molecule has 0 unspecified atom stereocenters. The van der Waals surface area contributed by atoms with Crippen molar-refractivity contribution in [3.63, 3.8) is 0 Å². The van der Waals surface area contributed by atoms with Gasteiger partial charge in [-0.05, 0) is 74.6 Å². The van der Waals surface area contributed by atoms with Crippen LogP contribution < -0.4 is 0 Å². The summed E-state index contributed by atoms with van der Waals surface area (Å²) in [6, 6.07) is 17.9. The molecule has 33 heavy (non-hydrogen) atoms. The van der Waals surface area contributed by atoms with Crippen molar-refractivity contribution in [3.8, 4) is 0 Å². The van der Waals surface area contributed by atoms with Crippen LogP contribution in [-0.2, 0) is 9.53 Å². The number of carbonyl (C=O) groups excluding carboxylic acids is 1. The van der Waals surface area contributed by atoms with Crippen LogP contribution in [-0.4, -0.2) is 47.5 Å². The minimum atomic E-state index is -0.714. The Morgan fingerprint density at radius 3 is 2.33 bits per heavy atom. The third kappa shape index (κ3) is 6.62. The summed E-state index contributed by atoms with van der Waals surface area (Å²) < 4.78 is 5.52. The molecule has 1 saturated heterocycles. The van der Waals surface area contributed by atoms with E-state index in [0.29, 0.717) is 5.92 Å². The lowest BCUT2D eigenvalue weighted by Gasteiger charge is -2.33. The Morgan fingerprint density at radius 2 is 1.70 bits per heavy atom. The third-order valence-electron chi connectivity index (χ3n) is 7.17. The van der Waals surface area contributed by atoms with Crippen molar-refractivity contribution in [2.24, 2.45) is 5.92 Å². The van der Waals surface area contributed by atoms with E-state index in [4.69, 9.17) is 4.74 Å². The first kappa shape index (κ1) is 24.3. The Hall–Kier alpha value is -1.82. The summed E-state index contributed by atoms with van der Waals surface area (Å²) in [5, 5.41) is 11.7. The molecule has 1 N–H and O–H groups in total. The fraction of sp³-hybridized carbons (Fsp3) is 0.536. The van der Waals surface area contributed by atoms with Crippen LogP contribution in [0.25, 0.3) is 0 Å². The number of rotatable bonds is 10. The Labute approximate surface area is 202 Å². The zero-order valence-corrected chi connectivity index (χ0v) is 20.7. The van der Waals surface area contributed by atoms with Gasteiger partial charge in [0, 0.05) is 30.4 Å². The Balaban J connectivity index is 1.48. The van der Waals surface area contributed by atoms with Gasteiger partial charge in [-0.25, -0.2) is 0 Å². The van der Waals surface area contributed by atoms with Crippen LogP contribution >= 0.6 is 11.8 Å². The summed E-state index contributed by atoms with van der Waals surface area (Å²) in [7, 11) is 1.83. The lowest BCUT2D eigenvalue weighted by molar-refractivity contribution is -0.135. The highest BCUT2D eigenvalue weighted by molar-refractivity contribution is 8.00. The number of ether oxygens (including phenoxy) is 1. The molecule has 4 rings (SSSR count). The van der Waals surface area contributed by atoms with Crippen molar-refractivity contribution >= 4 is 17.7 Å². The number of aliphatic hydroxyl groups is 1. The average molecular weight is 468 g/mol.